The Bertz CT molecular complexity index is 1190. The van der Waals surface area contributed by atoms with Crippen LogP contribution in [0.5, 0.6) is 0 Å². The molecule has 2 N–H and O–H groups in total. The standard InChI is InChI=1S/C23H23F2N5O/c1-4-18-16(22(29-28-18)15-11-26-30(3)12-15)10-13(2)20-17(24)8-9-19(21(20)25)27-23(31)14-6-5-7-14/h4,8-12,14H,1,5-7H2,2-3H3,(H,27,31)(H,28,29)/b13-10+. The number of nitrogens with zero attached hydrogens (tertiary/aromatic N) is 3. The van der Waals surface area contributed by atoms with Crippen molar-refractivity contribution in [3.05, 3.63) is 59.6 Å². The normalized spacial score (nSPS) is 14.4. The molecule has 8 heteroatoms. The Morgan fingerprint density at radius 3 is 2.74 bits per heavy atom. The summed E-state index contributed by atoms with van der Waals surface area (Å²) in [4.78, 5) is 12.2. The second-order valence-corrected chi connectivity index (χ2v) is 7.73. The van der Waals surface area contributed by atoms with Crippen LogP contribution in [0.1, 0.15) is 43.0 Å². The molecule has 0 aliphatic heterocycles. The van der Waals surface area contributed by atoms with Crippen molar-refractivity contribution in [1.82, 2.24) is 20.0 Å². The lowest BCUT2D eigenvalue weighted by atomic mass is 9.85. The molecule has 31 heavy (non-hydrogen) atoms. The highest BCUT2D eigenvalue weighted by molar-refractivity contribution is 5.94. The number of H-pyrrole nitrogens is 1. The van der Waals surface area contributed by atoms with Crippen LogP contribution in [0, 0.1) is 17.6 Å². The van der Waals surface area contributed by atoms with Gasteiger partial charge in [-0.3, -0.25) is 14.6 Å². The number of aromatic nitrogens is 4. The maximum atomic E-state index is 15.2. The summed E-state index contributed by atoms with van der Waals surface area (Å²) < 4.78 is 31.5. The third-order valence-corrected chi connectivity index (χ3v) is 5.60. The minimum atomic E-state index is -0.798. The van der Waals surface area contributed by atoms with E-state index in [9.17, 15) is 9.18 Å². The predicted molar refractivity (Wildman–Crippen MR) is 117 cm³/mol. The summed E-state index contributed by atoms with van der Waals surface area (Å²) in [6.45, 7) is 5.40. The molecule has 1 saturated carbocycles. The Morgan fingerprint density at radius 1 is 1.35 bits per heavy atom. The van der Waals surface area contributed by atoms with Gasteiger partial charge in [0, 0.05) is 30.3 Å². The number of allylic oxidation sites excluding steroid dienone is 1. The molecule has 1 aliphatic carbocycles. The molecule has 0 radical (unpaired) electrons. The minimum absolute atomic E-state index is 0.0235. The maximum Gasteiger partial charge on any atom is 0.227 e. The van der Waals surface area contributed by atoms with Crippen LogP contribution in [-0.4, -0.2) is 25.9 Å². The number of carbonyl (C=O) groups excluding carboxylic acids is 1. The lowest BCUT2D eigenvalue weighted by Crippen LogP contribution is -2.28. The number of amides is 1. The summed E-state index contributed by atoms with van der Waals surface area (Å²) in [7, 11) is 1.79. The predicted octanol–water partition coefficient (Wildman–Crippen LogP) is 5.03. The Hall–Kier alpha value is -3.55. The largest absolute Gasteiger partial charge is 0.323 e. The second kappa shape index (κ2) is 8.29. The Balaban J connectivity index is 1.73. The fourth-order valence-electron chi connectivity index (χ4n) is 3.63. The van der Waals surface area contributed by atoms with Crippen LogP contribution in [0.25, 0.3) is 29.0 Å². The van der Waals surface area contributed by atoms with Crippen molar-refractivity contribution in [2.75, 3.05) is 5.32 Å². The van der Waals surface area contributed by atoms with E-state index >= 15 is 4.39 Å². The van der Waals surface area contributed by atoms with Gasteiger partial charge < -0.3 is 5.32 Å². The molecule has 3 aromatic rings. The third kappa shape index (κ3) is 3.93. The van der Waals surface area contributed by atoms with E-state index in [1.807, 2.05) is 0 Å². The first-order valence-corrected chi connectivity index (χ1v) is 10.1. The van der Waals surface area contributed by atoms with Crippen molar-refractivity contribution in [2.24, 2.45) is 13.0 Å². The fraction of sp³-hybridized carbons (Fsp3) is 0.261. The zero-order valence-electron chi connectivity index (χ0n) is 17.4. The monoisotopic (exact) mass is 423 g/mol. The number of halogens is 2. The maximum absolute atomic E-state index is 15.2. The topological polar surface area (TPSA) is 75.6 Å². The van der Waals surface area contributed by atoms with Crippen LogP contribution in [0.3, 0.4) is 0 Å². The number of benzene rings is 1. The molecule has 0 unspecified atom stereocenters. The van der Waals surface area contributed by atoms with Crippen LogP contribution < -0.4 is 5.32 Å². The molecule has 0 saturated heterocycles. The summed E-state index contributed by atoms with van der Waals surface area (Å²) >= 11 is 0. The SMILES string of the molecule is C=Cc1[nH]nc(-c2cnn(C)c2)c1/C=C(\C)c1c(F)ccc(NC(=O)C2CCC2)c1F. The van der Waals surface area contributed by atoms with E-state index in [0.717, 1.165) is 30.9 Å². The highest BCUT2D eigenvalue weighted by Gasteiger charge is 2.27. The van der Waals surface area contributed by atoms with Gasteiger partial charge in [-0.1, -0.05) is 13.0 Å². The van der Waals surface area contributed by atoms with Gasteiger partial charge in [-0.05, 0) is 49.6 Å². The molecular formula is C23H23F2N5O. The van der Waals surface area contributed by atoms with Crippen LogP contribution in [-0.2, 0) is 11.8 Å². The number of aryl methyl sites for hydroxylation is 1. The summed E-state index contributed by atoms with van der Waals surface area (Å²) in [6, 6.07) is 2.42. The van der Waals surface area contributed by atoms with Crippen molar-refractivity contribution >= 4 is 29.3 Å². The molecule has 1 amide bonds. The van der Waals surface area contributed by atoms with Crippen LogP contribution in [0.2, 0.25) is 0 Å². The van der Waals surface area contributed by atoms with Crippen LogP contribution in [0.15, 0.2) is 31.1 Å². The van der Waals surface area contributed by atoms with E-state index in [-0.39, 0.29) is 23.1 Å². The molecule has 6 nitrogen and oxygen atoms in total. The molecule has 1 fully saturated rings. The summed E-state index contributed by atoms with van der Waals surface area (Å²) in [5.74, 6) is -1.84. The molecule has 0 bridgehead atoms. The van der Waals surface area contributed by atoms with E-state index in [2.05, 4.69) is 27.2 Å². The Labute approximate surface area is 178 Å². The van der Waals surface area contributed by atoms with E-state index in [1.165, 1.54) is 6.07 Å². The van der Waals surface area contributed by atoms with Gasteiger partial charge in [-0.15, -0.1) is 0 Å². The van der Waals surface area contributed by atoms with E-state index in [1.54, 1.807) is 43.2 Å². The lowest BCUT2D eigenvalue weighted by Gasteiger charge is -2.24. The summed E-state index contributed by atoms with van der Waals surface area (Å²) in [5.41, 5.74) is 2.75. The zero-order chi connectivity index (χ0) is 22.1. The molecule has 4 rings (SSSR count). The van der Waals surface area contributed by atoms with Gasteiger partial charge in [-0.25, -0.2) is 8.78 Å². The van der Waals surface area contributed by atoms with Crippen molar-refractivity contribution < 1.29 is 13.6 Å². The molecular weight excluding hydrogens is 400 g/mol. The lowest BCUT2D eigenvalue weighted by molar-refractivity contribution is -0.122. The third-order valence-electron chi connectivity index (χ3n) is 5.60. The highest BCUT2D eigenvalue weighted by Crippen LogP contribution is 2.33. The molecule has 2 heterocycles. The van der Waals surface area contributed by atoms with E-state index in [4.69, 9.17) is 0 Å². The Kier molecular flexibility index (Phi) is 5.54. The first kappa shape index (κ1) is 20.7. The number of carbonyl (C=O) groups is 1. The van der Waals surface area contributed by atoms with Gasteiger partial charge in [0.2, 0.25) is 5.91 Å². The molecule has 1 aromatic carbocycles. The number of hydrogen-bond acceptors (Lipinski definition) is 3. The van der Waals surface area contributed by atoms with Gasteiger partial charge in [-0.2, -0.15) is 10.2 Å². The molecule has 2 aromatic heterocycles. The van der Waals surface area contributed by atoms with Crippen LogP contribution in [0.4, 0.5) is 14.5 Å². The van der Waals surface area contributed by atoms with Crippen molar-refractivity contribution in [3.63, 3.8) is 0 Å². The molecule has 160 valence electrons. The van der Waals surface area contributed by atoms with E-state index < -0.39 is 11.6 Å². The molecule has 0 spiro atoms. The number of aromatic amines is 1. The average Bonchev–Trinajstić information content (AvgIpc) is 3.28. The zero-order valence-corrected chi connectivity index (χ0v) is 17.4. The van der Waals surface area contributed by atoms with E-state index in [0.29, 0.717) is 22.5 Å². The first-order chi connectivity index (χ1) is 14.9. The average molecular weight is 423 g/mol. The number of rotatable bonds is 6. The summed E-state index contributed by atoms with van der Waals surface area (Å²) in [6.07, 6.45) is 9.29. The smallest absolute Gasteiger partial charge is 0.227 e. The Morgan fingerprint density at radius 2 is 2.13 bits per heavy atom. The minimum Gasteiger partial charge on any atom is -0.323 e. The van der Waals surface area contributed by atoms with Crippen molar-refractivity contribution in [2.45, 2.75) is 26.2 Å². The van der Waals surface area contributed by atoms with Crippen molar-refractivity contribution in [3.8, 4) is 11.3 Å². The first-order valence-electron chi connectivity index (χ1n) is 10.1. The van der Waals surface area contributed by atoms with Crippen LogP contribution >= 0.6 is 0 Å². The second-order valence-electron chi connectivity index (χ2n) is 7.73. The number of anilines is 1. The summed E-state index contributed by atoms with van der Waals surface area (Å²) in [5, 5.41) is 14.0. The fourth-order valence-corrected chi connectivity index (χ4v) is 3.63. The van der Waals surface area contributed by atoms with Gasteiger partial charge >= 0.3 is 0 Å². The van der Waals surface area contributed by atoms with Crippen molar-refractivity contribution in [1.29, 1.82) is 0 Å². The van der Waals surface area contributed by atoms with Gasteiger partial charge in [0.1, 0.15) is 11.5 Å². The number of hydrogen-bond donors (Lipinski definition) is 2. The van der Waals surface area contributed by atoms with Gasteiger partial charge in [0.15, 0.2) is 5.82 Å². The quantitative estimate of drug-likeness (QED) is 0.584. The van der Waals surface area contributed by atoms with Gasteiger partial charge in [0.05, 0.1) is 23.1 Å². The highest BCUT2D eigenvalue weighted by atomic mass is 19.1. The molecule has 1 aliphatic rings. The number of nitrogens with one attached hydrogen (secondary N) is 2. The molecule has 0 atom stereocenters. The van der Waals surface area contributed by atoms with Gasteiger partial charge in [0.25, 0.3) is 0 Å².